The molecule has 0 saturated heterocycles. The molecule has 452 valence electrons. The Balaban J connectivity index is 3.36. The second-order valence-corrected chi connectivity index (χ2v) is 24.2. The first kappa shape index (κ1) is 74.6. The van der Waals surface area contributed by atoms with Gasteiger partial charge in [0.1, 0.15) is 0 Å². The average Bonchev–Trinajstić information content (AvgIpc) is 3.42. The third-order valence-electron chi connectivity index (χ3n) is 16.6. The van der Waals surface area contributed by atoms with E-state index in [0.717, 1.165) is 38.5 Å². The predicted octanol–water partition coefficient (Wildman–Crippen LogP) is 22.4. The van der Waals surface area contributed by atoms with Crippen molar-refractivity contribution in [3.05, 3.63) is 12.2 Å². The van der Waals surface area contributed by atoms with E-state index in [9.17, 15) is 19.8 Å². The summed E-state index contributed by atoms with van der Waals surface area (Å²) >= 11 is 0. The Labute approximate surface area is 476 Å². The quantitative estimate of drug-likeness (QED) is 0.0320. The van der Waals surface area contributed by atoms with Crippen molar-refractivity contribution in [2.75, 3.05) is 13.2 Å². The molecule has 0 spiro atoms. The van der Waals surface area contributed by atoms with Gasteiger partial charge in [-0.3, -0.25) is 9.59 Å². The van der Waals surface area contributed by atoms with E-state index in [1.54, 1.807) is 6.08 Å². The lowest BCUT2D eigenvalue weighted by Gasteiger charge is -2.20. The summed E-state index contributed by atoms with van der Waals surface area (Å²) in [6.45, 7) is 4.95. The molecule has 0 heterocycles. The first-order chi connectivity index (χ1) is 37.5. The number of hydrogen-bond acceptors (Lipinski definition) is 5. The molecule has 0 saturated carbocycles. The number of aliphatic hydroxyl groups is 2. The Morgan fingerprint density at radius 3 is 0.895 bits per heavy atom. The van der Waals surface area contributed by atoms with Crippen LogP contribution in [-0.2, 0) is 14.3 Å². The predicted molar refractivity (Wildman–Crippen MR) is 333 cm³/mol. The maximum absolute atomic E-state index is 12.5. The van der Waals surface area contributed by atoms with Crippen LogP contribution in [0.5, 0.6) is 0 Å². The number of ether oxygens (including phenoxy) is 1. The van der Waals surface area contributed by atoms with E-state index in [-0.39, 0.29) is 18.5 Å². The van der Waals surface area contributed by atoms with Crippen LogP contribution in [0.2, 0.25) is 0 Å². The van der Waals surface area contributed by atoms with Crippen molar-refractivity contribution in [1.29, 1.82) is 0 Å². The molecule has 0 aromatic heterocycles. The summed E-state index contributed by atoms with van der Waals surface area (Å²) in [5.74, 6) is -0.0405. The Morgan fingerprint density at radius 2 is 0.605 bits per heavy atom. The number of allylic oxidation sites excluding steroid dienone is 1. The number of carbonyl (C=O) groups is 2. The van der Waals surface area contributed by atoms with Crippen molar-refractivity contribution in [2.45, 2.75) is 411 Å². The maximum Gasteiger partial charge on any atom is 0.305 e. The molecule has 0 aromatic rings. The molecular weight excluding hydrogens is 935 g/mol. The first-order valence-corrected chi connectivity index (χ1v) is 35.0. The van der Waals surface area contributed by atoms with Gasteiger partial charge >= 0.3 is 5.97 Å². The number of hydrogen-bond donors (Lipinski definition) is 3. The van der Waals surface area contributed by atoms with E-state index in [1.807, 2.05) is 6.08 Å². The van der Waals surface area contributed by atoms with Crippen LogP contribution < -0.4 is 5.32 Å². The number of amides is 1. The highest BCUT2D eigenvalue weighted by Gasteiger charge is 2.18. The summed E-state index contributed by atoms with van der Waals surface area (Å²) in [6, 6.07) is -0.625. The molecule has 0 rings (SSSR count). The van der Waals surface area contributed by atoms with Gasteiger partial charge in [-0.05, 0) is 32.1 Å². The number of aliphatic hydroxyl groups excluding tert-OH is 2. The van der Waals surface area contributed by atoms with E-state index in [0.29, 0.717) is 19.4 Å². The van der Waals surface area contributed by atoms with E-state index >= 15 is 0 Å². The molecule has 0 fully saturated rings. The minimum Gasteiger partial charge on any atom is -0.466 e. The standard InChI is InChI=1S/C70H137NO5/c1-3-5-7-9-11-13-15-17-19-20-32-35-38-42-46-50-54-58-62-68(73)67(66-72)71-69(74)63-59-55-51-47-43-39-36-33-30-28-26-24-22-21-23-25-27-29-31-34-37-41-45-49-53-57-61-65-76-70(75)64-60-56-52-48-44-40-18-16-14-12-10-8-6-4-2/h58,62,67-68,72-73H,3-57,59-61,63-66H2,1-2H3,(H,71,74)/b62-58+. The molecule has 0 bridgehead atoms. The second kappa shape index (κ2) is 66.1. The van der Waals surface area contributed by atoms with Crippen LogP contribution in [0.3, 0.4) is 0 Å². The van der Waals surface area contributed by atoms with Crippen LogP contribution in [0.15, 0.2) is 12.2 Å². The molecular formula is C70H137NO5. The number of unbranched alkanes of at least 4 members (excludes halogenated alkanes) is 55. The number of nitrogens with one attached hydrogen (secondary N) is 1. The van der Waals surface area contributed by atoms with Crippen molar-refractivity contribution < 1.29 is 24.5 Å². The molecule has 3 N–H and O–H groups in total. The third kappa shape index (κ3) is 61.8. The molecule has 2 unspecified atom stereocenters. The Bertz CT molecular complexity index is 1140. The summed E-state index contributed by atoms with van der Waals surface area (Å²) in [7, 11) is 0. The number of rotatable bonds is 66. The van der Waals surface area contributed by atoms with Crippen molar-refractivity contribution >= 4 is 11.9 Å². The van der Waals surface area contributed by atoms with E-state index < -0.39 is 12.1 Å². The summed E-state index contributed by atoms with van der Waals surface area (Å²) in [5.41, 5.74) is 0. The van der Waals surface area contributed by atoms with E-state index in [2.05, 4.69) is 19.2 Å². The molecule has 0 aliphatic heterocycles. The van der Waals surface area contributed by atoms with Gasteiger partial charge in [0.25, 0.3) is 0 Å². The highest BCUT2D eigenvalue weighted by molar-refractivity contribution is 5.76. The summed E-state index contributed by atoms with van der Waals surface area (Å²) in [5, 5.41) is 23.2. The second-order valence-electron chi connectivity index (χ2n) is 24.2. The summed E-state index contributed by atoms with van der Waals surface area (Å²) < 4.78 is 5.50. The normalized spacial score (nSPS) is 12.5. The van der Waals surface area contributed by atoms with Gasteiger partial charge in [0.05, 0.1) is 25.4 Å². The van der Waals surface area contributed by atoms with Crippen LogP contribution >= 0.6 is 0 Å². The Morgan fingerprint density at radius 1 is 0.355 bits per heavy atom. The van der Waals surface area contributed by atoms with Crippen molar-refractivity contribution in [1.82, 2.24) is 5.32 Å². The maximum atomic E-state index is 12.5. The third-order valence-corrected chi connectivity index (χ3v) is 16.6. The lowest BCUT2D eigenvalue weighted by molar-refractivity contribution is -0.143. The number of carbonyl (C=O) groups excluding carboxylic acids is 2. The highest BCUT2D eigenvalue weighted by Crippen LogP contribution is 2.19. The van der Waals surface area contributed by atoms with E-state index in [4.69, 9.17) is 4.74 Å². The van der Waals surface area contributed by atoms with Gasteiger partial charge in [0.2, 0.25) is 5.91 Å². The highest BCUT2D eigenvalue weighted by atomic mass is 16.5. The van der Waals surface area contributed by atoms with Gasteiger partial charge in [-0.1, -0.05) is 366 Å². The minimum absolute atomic E-state index is 0.0209. The van der Waals surface area contributed by atoms with E-state index in [1.165, 1.54) is 334 Å². The van der Waals surface area contributed by atoms with Crippen LogP contribution in [0, 0.1) is 0 Å². The molecule has 0 aliphatic carbocycles. The molecule has 0 aromatic carbocycles. The largest absolute Gasteiger partial charge is 0.466 e. The van der Waals surface area contributed by atoms with Crippen LogP contribution in [-0.4, -0.2) is 47.4 Å². The fourth-order valence-corrected chi connectivity index (χ4v) is 11.2. The lowest BCUT2D eigenvalue weighted by Crippen LogP contribution is -2.45. The zero-order valence-corrected chi connectivity index (χ0v) is 51.8. The zero-order valence-electron chi connectivity index (χ0n) is 51.8. The average molecular weight is 1070 g/mol. The van der Waals surface area contributed by atoms with Gasteiger partial charge in [-0.2, -0.15) is 0 Å². The monoisotopic (exact) mass is 1070 g/mol. The minimum atomic E-state index is -0.842. The van der Waals surface area contributed by atoms with Crippen LogP contribution in [0.25, 0.3) is 0 Å². The molecule has 76 heavy (non-hydrogen) atoms. The van der Waals surface area contributed by atoms with Gasteiger partial charge in [-0.25, -0.2) is 0 Å². The van der Waals surface area contributed by atoms with Crippen LogP contribution in [0.1, 0.15) is 399 Å². The fraction of sp³-hybridized carbons (Fsp3) is 0.943. The van der Waals surface area contributed by atoms with Crippen molar-refractivity contribution in [3.63, 3.8) is 0 Å². The lowest BCUT2D eigenvalue weighted by atomic mass is 10.0. The smallest absolute Gasteiger partial charge is 0.305 e. The van der Waals surface area contributed by atoms with Gasteiger partial charge in [-0.15, -0.1) is 0 Å². The molecule has 6 heteroatoms. The molecule has 2 atom stereocenters. The fourth-order valence-electron chi connectivity index (χ4n) is 11.2. The molecule has 1 amide bonds. The Hall–Kier alpha value is -1.40. The summed E-state index contributed by atoms with van der Waals surface area (Å²) in [6.07, 6.45) is 81.4. The van der Waals surface area contributed by atoms with Crippen LogP contribution in [0.4, 0.5) is 0 Å². The zero-order chi connectivity index (χ0) is 55.0. The topological polar surface area (TPSA) is 95.9 Å². The van der Waals surface area contributed by atoms with Gasteiger partial charge in [0.15, 0.2) is 0 Å². The number of esters is 1. The van der Waals surface area contributed by atoms with Crippen molar-refractivity contribution in [2.24, 2.45) is 0 Å². The molecule has 0 radical (unpaired) electrons. The molecule has 6 nitrogen and oxygen atoms in total. The SMILES string of the molecule is CCCCCCCCCCCCCCCCCC/C=C/C(O)C(CO)NC(=O)CCCCCCCCCCCCCCCCCCCCCCCCCCCCCOC(=O)CCCCCCCCCCCCCCCC. The van der Waals surface area contributed by atoms with Gasteiger partial charge in [0, 0.05) is 12.8 Å². The van der Waals surface area contributed by atoms with Gasteiger partial charge < -0.3 is 20.3 Å². The summed E-state index contributed by atoms with van der Waals surface area (Å²) in [4.78, 5) is 24.6. The molecule has 0 aliphatic rings. The first-order valence-electron chi connectivity index (χ1n) is 35.0. The Kier molecular flexibility index (Phi) is 64.9. The van der Waals surface area contributed by atoms with Crippen molar-refractivity contribution in [3.8, 4) is 0 Å².